The second kappa shape index (κ2) is 8.52. The molecular weight excluding hydrogens is 262 g/mol. The lowest BCUT2D eigenvalue weighted by Gasteiger charge is -2.44. The van der Waals surface area contributed by atoms with Crippen LogP contribution in [0.15, 0.2) is 30.3 Å². The van der Waals surface area contributed by atoms with Gasteiger partial charge in [-0.3, -0.25) is 0 Å². The summed E-state index contributed by atoms with van der Waals surface area (Å²) in [6.07, 6.45) is 4.45. The number of likely N-dealkylation sites (N-methyl/N-ethyl adjacent to an activating group) is 1. The predicted molar refractivity (Wildman–Crippen MR) is 86.7 cm³/mol. The van der Waals surface area contributed by atoms with Gasteiger partial charge in [0, 0.05) is 38.4 Å². The van der Waals surface area contributed by atoms with Gasteiger partial charge in [0.25, 0.3) is 0 Å². The topological polar surface area (TPSA) is 30.5 Å². The molecule has 3 heteroatoms. The molecule has 1 aromatic rings. The summed E-state index contributed by atoms with van der Waals surface area (Å²) < 4.78 is 10.9. The van der Waals surface area contributed by atoms with E-state index in [2.05, 4.69) is 42.6 Å². The van der Waals surface area contributed by atoms with E-state index in [0.717, 1.165) is 52.0 Å². The fourth-order valence-corrected chi connectivity index (χ4v) is 3.60. The van der Waals surface area contributed by atoms with Gasteiger partial charge in [-0.25, -0.2) is 0 Å². The number of rotatable bonds is 8. The van der Waals surface area contributed by atoms with Gasteiger partial charge in [-0.2, -0.15) is 0 Å². The molecule has 0 bridgehead atoms. The van der Waals surface area contributed by atoms with Crippen molar-refractivity contribution in [3.8, 4) is 0 Å². The van der Waals surface area contributed by atoms with Crippen molar-refractivity contribution in [2.75, 3.05) is 33.5 Å². The number of hydrogen-bond donors (Lipinski definition) is 1. The van der Waals surface area contributed by atoms with Gasteiger partial charge in [0.2, 0.25) is 0 Å². The van der Waals surface area contributed by atoms with Crippen molar-refractivity contribution in [2.24, 2.45) is 0 Å². The van der Waals surface area contributed by atoms with Crippen molar-refractivity contribution in [1.29, 1.82) is 0 Å². The van der Waals surface area contributed by atoms with Crippen molar-refractivity contribution >= 4 is 0 Å². The smallest absolute Gasteiger partial charge is 0.0475 e. The molecular formula is C18H29NO2. The average Bonchev–Trinajstić information content (AvgIpc) is 2.56. The molecule has 2 rings (SSSR count). The van der Waals surface area contributed by atoms with E-state index in [0.29, 0.717) is 6.04 Å². The molecule has 1 aromatic carbocycles. The highest BCUT2D eigenvalue weighted by Gasteiger charge is 2.40. The number of hydrogen-bond acceptors (Lipinski definition) is 3. The second-order valence-corrected chi connectivity index (χ2v) is 5.88. The van der Waals surface area contributed by atoms with E-state index >= 15 is 0 Å². The third-order valence-corrected chi connectivity index (χ3v) is 4.69. The summed E-state index contributed by atoms with van der Waals surface area (Å²) in [5.74, 6) is 0. The quantitative estimate of drug-likeness (QED) is 0.746. The molecule has 3 nitrogen and oxygen atoms in total. The molecule has 1 saturated heterocycles. The number of nitrogens with one attached hydrogen (secondary N) is 1. The molecule has 1 atom stereocenters. The summed E-state index contributed by atoms with van der Waals surface area (Å²) in [5.41, 5.74) is 1.65. The summed E-state index contributed by atoms with van der Waals surface area (Å²) in [6, 6.07) is 11.5. The van der Waals surface area contributed by atoms with Crippen LogP contribution in [0.25, 0.3) is 0 Å². The Bertz CT molecular complexity index is 387. The first-order valence-corrected chi connectivity index (χ1v) is 8.19. The van der Waals surface area contributed by atoms with Crippen LogP contribution in [0.3, 0.4) is 0 Å². The molecule has 21 heavy (non-hydrogen) atoms. The monoisotopic (exact) mass is 291 g/mol. The molecule has 0 saturated carbocycles. The summed E-state index contributed by atoms with van der Waals surface area (Å²) in [4.78, 5) is 0. The first-order chi connectivity index (χ1) is 10.3. The van der Waals surface area contributed by atoms with E-state index in [9.17, 15) is 0 Å². The number of ether oxygens (including phenoxy) is 2. The average molecular weight is 291 g/mol. The lowest BCUT2D eigenvalue weighted by molar-refractivity contribution is 0.0317. The molecule has 1 unspecified atom stereocenters. The normalized spacial score (nSPS) is 19.3. The Kier molecular flexibility index (Phi) is 6.68. The Hall–Kier alpha value is -0.900. The van der Waals surface area contributed by atoms with Gasteiger partial charge in [-0.05, 0) is 37.8 Å². The summed E-state index contributed by atoms with van der Waals surface area (Å²) in [7, 11) is 1.78. The number of benzene rings is 1. The van der Waals surface area contributed by atoms with Crippen LogP contribution in [-0.2, 0) is 14.9 Å². The Morgan fingerprint density at radius 1 is 1.24 bits per heavy atom. The molecule has 0 aromatic heterocycles. The largest absolute Gasteiger partial charge is 0.385 e. The lowest BCUT2D eigenvalue weighted by atomic mass is 9.67. The summed E-state index contributed by atoms with van der Waals surface area (Å²) in [5, 5.41) is 3.74. The van der Waals surface area contributed by atoms with Gasteiger partial charge in [-0.15, -0.1) is 0 Å². The van der Waals surface area contributed by atoms with Crippen molar-refractivity contribution in [3.05, 3.63) is 35.9 Å². The van der Waals surface area contributed by atoms with E-state index in [1.165, 1.54) is 5.56 Å². The van der Waals surface area contributed by atoms with Crippen LogP contribution in [0.4, 0.5) is 0 Å². The van der Waals surface area contributed by atoms with Gasteiger partial charge in [0.15, 0.2) is 0 Å². The van der Waals surface area contributed by atoms with Crippen LogP contribution in [0, 0.1) is 0 Å². The van der Waals surface area contributed by atoms with Crippen LogP contribution in [-0.4, -0.2) is 39.5 Å². The highest BCUT2D eigenvalue weighted by molar-refractivity contribution is 5.28. The second-order valence-electron chi connectivity index (χ2n) is 5.88. The maximum atomic E-state index is 5.65. The summed E-state index contributed by atoms with van der Waals surface area (Å²) >= 11 is 0. The van der Waals surface area contributed by atoms with Gasteiger partial charge >= 0.3 is 0 Å². The van der Waals surface area contributed by atoms with E-state index in [4.69, 9.17) is 9.47 Å². The maximum Gasteiger partial charge on any atom is 0.0475 e. The zero-order valence-corrected chi connectivity index (χ0v) is 13.4. The maximum absolute atomic E-state index is 5.65. The van der Waals surface area contributed by atoms with Crippen molar-refractivity contribution in [1.82, 2.24) is 5.32 Å². The highest BCUT2D eigenvalue weighted by Crippen LogP contribution is 2.39. The van der Waals surface area contributed by atoms with Crippen molar-refractivity contribution < 1.29 is 9.47 Å². The van der Waals surface area contributed by atoms with Gasteiger partial charge < -0.3 is 14.8 Å². The Balaban J connectivity index is 2.23. The van der Waals surface area contributed by atoms with Gasteiger partial charge in [0.05, 0.1) is 0 Å². The van der Waals surface area contributed by atoms with Crippen LogP contribution in [0.2, 0.25) is 0 Å². The Morgan fingerprint density at radius 3 is 2.57 bits per heavy atom. The molecule has 1 N–H and O–H groups in total. The minimum absolute atomic E-state index is 0.198. The molecule has 0 aliphatic carbocycles. The molecule has 0 amide bonds. The molecule has 1 aliphatic rings. The van der Waals surface area contributed by atoms with E-state index < -0.39 is 0 Å². The summed E-state index contributed by atoms with van der Waals surface area (Å²) in [6.45, 7) is 5.76. The fourth-order valence-electron chi connectivity index (χ4n) is 3.60. The minimum atomic E-state index is 0.198. The molecule has 1 heterocycles. The minimum Gasteiger partial charge on any atom is -0.385 e. The SMILES string of the molecule is CCNC(CCCOC)C1(c2ccccc2)CCOCC1. The predicted octanol–water partition coefficient (Wildman–Crippen LogP) is 3.14. The van der Waals surface area contributed by atoms with E-state index in [1.54, 1.807) is 7.11 Å². The lowest BCUT2D eigenvalue weighted by Crippen LogP contribution is -2.51. The van der Waals surface area contributed by atoms with Crippen LogP contribution in [0.5, 0.6) is 0 Å². The molecule has 0 radical (unpaired) electrons. The van der Waals surface area contributed by atoms with Crippen LogP contribution < -0.4 is 5.32 Å². The Labute approximate surface area is 129 Å². The standard InChI is InChI=1S/C18H29NO2/c1-3-19-17(10-7-13-20-2)18(11-14-21-15-12-18)16-8-5-4-6-9-16/h4-6,8-9,17,19H,3,7,10-15H2,1-2H3. The van der Waals surface area contributed by atoms with Gasteiger partial charge in [-0.1, -0.05) is 37.3 Å². The van der Waals surface area contributed by atoms with E-state index in [1.807, 2.05) is 0 Å². The van der Waals surface area contributed by atoms with E-state index in [-0.39, 0.29) is 5.41 Å². The molecule has 118 valence electrons. The van der Waals surface area contributed by atoms with Gasteiger partial charge in [0.1, 0.15) is 0 Å². The molecule has 1 fully saturated rings. The highest BCUT2D eigenvalue weighted by atomic mass is 16.5. The number of methoxy groups -OCH3 is 1. The van der Waals surface area contributed by atoms with Crippen LogP contribution in [0.1, 0.15) is 38.2 Å². The first kappa shape index (κ1) is 16.5. The molecule has 1 aliphatic heterocycles. The Morgan fingerprint density at radius 2 is 1.95 bits per heavy atom. The third kappa shape index (κ3) is 4.06. The van der Waals surface area contributed by atoms with Crippen molar-refractivity contribution in [3.63, 3.8) is 0 Å². The molecule has 0 spiro atoms. The third-order valence-electron chi connectivity index (χ3n) is 4.69. The van der Waals surface area contributed by atoms with Crippen LogP contribution >= 0.6 is 0 Å². The van der Waals surface area contributed by atoms with Crippen molar-refractivity contribution in [2.45, 2.75) is 44.1 Å². The zero-order valence-electron chi connectivity index (χ0n) is 13.4. The zero-order chi connectivity index (χ0) is 15.0. The first-order valence-electron chi connectivity index (χ1n) is 8.19. The fraction of sp³-hybridized carbons (Fsp3) is 0.667.